The van der Waals surface area contributed by atoms with Crippen molar-refractivity contribution in [1.82, 2.24) is 4.98 Å². The number of pyridine rings is 1. The molecule has 10 heavy (non-hydrogen) atoms. The molecule has 0 aliphatic rings. The lowest BCUT2D eigenvalue weighted by Crippen LogP contribution is -1.87. The molecular formula is C6H3BrFNO. The molecule has 0 aliphatic carbocycles. The Balaban J connectivity index is 3.18. The second-order valence-electron chi connectivity index (χ2n) is 1.66. The number of rotatable bonds is 1. The van der Waals surface area contributed by atoms with Gasteiger partial charge < -0.3 is 0 Å². The summed E-state index contributed by atoms with van der Waals surface area (Å²) < 4.78 is 12.6. The molecule has 0 unspecified atom stereocenters. The summed E-state index contributed by atoms with van der Waals surface area (Å²) in [4.78, 5) is 13.5. The lowest BCUT2D eigenvalue weighted by Gasteiger charge is -1.91. The molecule has 0 spiro atoms. The number of aromatic nitrogens is 1. The molecule has 1 heterocycles. The minimum absolute atomic E-state index is 0.277. The number of nitrogens with zero attached hydrogens (tertiary/aromatic N) is 1. The van der Waals surface area contributed by atoms with Gasteiger partial charge in [-0.05, 0) is 22.0 Å². The van der Waals surface area contributed by atoms with E-state index in [1.807, 2.05) is 0 Å². The molecule has 4 heteroatoms. The monoisotopic (exact) mass is 203 g/mol. The van der Waals surface area contributed by atoms with E-state index in [1.165, 1.54) is 6.07 Å². The number of aldehydes is 1. The van der Waals surface area contributed by atoms with Gasteiger partial charge >= 0.3 is 0 Å². The van der Waals surface area contributed by atoms with Crippen molar-refractivity contribution in [2.45, 2.75) is 0 Å². The molecule has 1 rings (SSSR count). The number of carbonyl (C=O) groups is 1. The standard InChI is InChI=1S/C6H3BrFNO/c7-5-1-4(3-10)2-6(8)9-5/h1-3H. The zero-order chi connectivity index (χ0) is 7.56. The molecule has 0 fully saturated rings. The van der Waals surface area contributed by atoms with E-state index in [-0.39, 0.29) is 5.56 Å². The fourth-order valence-electron chi connectivity index (χ4n) is 0.551. The van der Waals surface area contributed by atoms with E-state index in [4.69, 9.17) is 0 Å². The van der Waals surface area contributed by atoms with Crippen LogP contribution in [0.3, 0.4) is 0 Å². The minimum Gasteiger partial charge on any atom is -0.298 e. The third-order valence-corrected chi connectivity index (χ3v) is 1.33. The number of hydrogen-bond donors (Lipinski definition) is 0. The molecule has 0 atom stereocenters. The van der Waals surface area contributed by atoms with E-state index in [1.54, 1.807) is 0 Å². The SMILES string of the molecule is O=Cc1cc(F)nc(Br)c1. The molecule has 52 valence electrons. The molecule has 0 amide bonds. The molecule has 0 aliphatic heterocycles. The molecule has 0 bridgehead atoms. The molecule has 0 radical (unpaired) electrons. The van der Waals surface area contributed by atoms with Crippen LogP contribution < -0.4 is 0 Å². The smallest absolute Gasteiger partial charge is 0.214 e. The first kappa shape index (κ1) is 7.34. The summed E-state index contributed by atoms with van der Waals surface area (Å²) in [5.41, 5.74) is 0.277. The van der Waals surface area contributed by atoms with Gasteiger partial charge in [0.15, 0.2) is 0 Å². The van der Waals surface area contributed by atoms with E-state index < -0.39 is 5.95 Å². The van der Waals surface area contributed by atoms with Crippen LogP contribution >= 0.6 is 15.9 Å². The average molecular weight is 204 g/mol. The highest BCUT2D eigenvalue weighted by Gasteiger charge is 1.97. The van der Waals surface area contributed by atoms with Crippen molar-refractivity contribution in [2.24, 2.45) is 0 Å². The normalized spacial score (nSPS) is 9.40. The fourth-order valence-corrected chi connectivity index (χ4v) is 0.985. The Kier molecular flexibility index (Phi) is 2.11. The van der Waals surface area contributed by atoms with Crippen molar-refractivity contribution >= 4 is 22.2 Å². The van der Waals surface area contributed by atoms with Crippen molar-refractivity contribution in [3.8, 4) is 0 Å². The Morgan fingerprint density at radius 2 is 2.30 bits per heavy atom. The first-order chi connectivity index (χ1) is 4.72. The van der Waals surface area contributed by atoms with E-state index in [9.17, 15) is 9.18 Å². The quantitative estimate of drug-likeness (QED) is 0.515. The highest BCUT2D eigenvalue weighted by Crippen LogP contribution is 2.08. The van der Waals surface area contributed by atoms with Gasteiger partial charge in [0.2, 0.25) is 5.95 Å². The van der Waals surface area contributed by atoms with Crippen molar-refractivity contribution < 1.29 is 9.18 Å². The summed E-state index contributed by atoms with van der Waals surface area (Å²) in [5, 5.41) is 0. The summed E-state index contributed by atoms with van der Waals surface area (Å²) in [6.45, 7) is 0. The Morgan fingerprint density at radius 3 is 2.80 bits per heavy atom. The highest BCUT2D eigenvalue weighted by atomic mass is 79.9. The Bertz CT molecular complexity index is 244. The predicted molar refractivity (Wildman–Crippen MR) is 37.3 cm³/mol. The summed E-state index contributed by atoms with van der Waals surface area (Å²) in [6.07, 6.45) is 0.565. The summed E-state index contributed by atoms with van der Waals surface area (Å²) >= 11 is 2.94. The van der Waals surface area contributed by atoms with Crippen LogP contribution in [0.2, 0.25) is 0 Å². The maximum absolute atomic E-state index is 12.3. The van der Waals surface area contributed by atoms with Gasteiger partial charge in [0.1, 0.15) is 10.9 Å². The summed E-state index contributed by atoms with van der Waals surface area (Å²) in [5.74, 6) is -0.656. The van der Waals surface area contributed by atoms with Gasteiger partial charge in [-0.25, -0.2) is 4.98 Å². The molecule has 0 aromatic carbocycles. The predicted octanol–water partition coefficient (Wildman–Crippen LogP) is 1.80. The molecule has 2 nitrogen and oxygen atoms in total. The van der Waals surface area contributed by atoms with Gasteiger partial charge in [-0.15, -0.1) is 0 Å². The van der Waals surface area contributed by atoms with Gasteiger partial charge in [0.25, 0.3) is 0 Å². The molecule has 0 N–H and O–H groups in total. The topological polar surface area (TPSA) is 30.0 Å². The summed E-state index contributed by atoms with van der Waals surface area (Å²) in [7, 11) is 0. The van der Waals surface area contributed by atoms with E-state index in [0.29, 0.717) is 10.9 Å². The molecule has 0 saturated heterocycles. The maximum Gasteiger partial charge on any atom is 0.214 e. The second-order valence-corrected chi connectivity index (χ2v) is 2.48. The third kappa shape index (κ3) is 1.60. The first-order valence-electron chi connectivity index (χ1n) is 2.50. The van der Waals surface area contributed by atoms with Crippen LogP contribution in [0.15, 0.2) is 16.7 Å². The number of hydrogen-bond acceptors (Lipinski definition) is 2. The van der Waals surface area contributed by atoms with E-state index in [0.717, 1.165) is 6.07 Å². The van der Waals surface area contributed by atoms with Crippen molar-refractivity contribution in [3.63, 3.8) is 0 Å². The van der Waals surface area contributed by atoms with Crippen molar-refractivity contribution in [3.05, 3.63) is 28.2 Å². The van der Waals surface area contributed by atoms with Gasteiger partial charge in [0, 0.05) is 11.6 Å². The van der Waals surface area contributed by atoms with Gasteiger partial charge in [0.05, 0.1) is 0 Å². The number of carbonyl (C=O) groups excluding carboxylic acids is 1. The van der Waals surface area contributed by atoms with Crippen LogP contribution in [0.1, 0.15) is 10.4 Å². The lowest BCUT2D eigenvalue weighted by atomic mass is 10.3. The minimum atomic E-state index is -0.656. The first-order valence-corrected chi connectivity index (χ1v) is 3.30. The maximum atomic E-state index is 12.3. The fraction of sp³-hybridized carbons (Fsp3) is 0. The molecule has 0 saturated carbocycles. The van der Waals surface area contributed by atoms with Crippen molar-refractivity contribution in [1.29, 1.82) is 0 Å². The van der Waals surface area contributed by atoms with Gasteiger partial charge in [-0.2, -0.15) is 4.39 Å². The summed E-state index contributed by atoms with van der Waals surface area (Å²) in [6, 6.07) is 2.51. The molecule has 1 aromatic rings. The van der Waals surface area contributed by atoms with Gasteiger partial charge in [-0.3, -0.25) is 4.79 Å². The van der Waals surface area contributed by atoms with Gasteiger partial charge in [-0.1, -0.05) is 0 Å². The average Bonchev–Trinajstić information content (AvgIpc) is 1.85. The van der Waals surface area contributed by atoms with Crippen LogP contribution in [0.4, 0.5) is 4.39 Å². The van der Waals surface area contributed by atoms with Crippen LogP contribution in [-0.4, -0.2) is 11.3 Å². The molecule has 1 aromatic heterocycles. The zero-order valence-corrected chi connectivity index (χ0v) is 6.43. The largest absolute Gasteiger partial charge is 0.298 e. The Hall–Kier alpha value is -0.770. The van der Waals surface area contributed by atoms with E-state index in [2.05, 4.69) is 20.9 Å². The highest BCUT2D eigenvalue weighted by molar-refractivity contribution is 9.10. The zero-order valence-electron chi connectivity index (χ0n) is 4.84. The third-order valence-electron chi connectivity index (χ3n) is 0.921. The van der Waals surface area contributed by atoms with Crippen LogP contribution in [0, 0.1) is 5.95 Å². The second kappa shape index (κ2) is 2.88. The van der Waals surface area contributed by atoms with Crippen LogP contribution in [0.5, 0.6) is 0 Å². The number of halogens is 2. The van der Waals surface area contributed by atoms with Crippen molar-refractivity contribution in [2.75, 3.05) is 0 Å². The van der Waals surface area contributed by atoms with Crippen LogP contribution in [0.25, 0.3) is 0 Å². The van der Waals surface area contributed by atoms with E-state index >= 15 is 0 Å². The lowest BCUT2D eigenvalue weighted by molar-refractivity contribution is 0.112. The van der Waals surface area contributed by atoms with Crippen LogP contribution in [-0.2, 0) is 0 Å². The molecular weight excluding hydrogens is 201 g/mol. The Morgan fingerprint density at radius 1 is 1.60 bits per heavy atom. The Labute approximate surface area is 65.2 Å².